The van der Waals surface area contributed by atoms with Crippen LogP contribution >= 0.6 is 0 Å². The summed E-state index contributed by atoms with van der Waals surface area (Å²) in [5.41, 5.74) is 8.11. The van der Waals surface area contributed by atoms with Gasteiger partial charge in [0, 0.05) is 6.54 Å². The number of hydrogen-bond donors (Lipinski definition) is 1. The first-order valence-corrected chi connectivity index (χ1v) is 7.23. The Labute approximate surface area is 131 Å². The number of nitrogen functional groups attached to an aromatic ring is 1. The van der Waals surface area contributed by atoms with Crippen molar-refractivity contribution in [3.05, 3.63) is 41.1 Å². The van der Waals surface area contributed by atoms with E-state index in [9.17, 15) is 13.2 Å². The fourth-order valence-corrected chi connectivity index (χ4v) is 2.61. The third-order valence-electron chi connectivity index (χ3n) is 3.84. The van der Waals surface area contributed by atoms with E-state index in [1.807, 2.05) is 13.0 Å². The molecule has 5 nitrogen and oxygen atoms in total. The van der Waals surface area contributed by atoms with Gasteiger partial charge < -0.3 is 10.6 Å². The minimum atomic E-state index is -4.47. The summed E-state index contributed by atoms with van der Waals surface area (Å²) in [6, 6.07) is 1.97. The molecule has 0 saturated carbocycles. The number of rotatable bonds is 2. The minimum Gasteiger partial charge on any atom is -0.383 e. The van der Waals surface area contributed by atoms with E-state index < -0.39 is 11.9 Å². The number of alkyl halides is 3. The molecular formula is C15H16F3N5. The lowest BCUT2D eigenvalue weighted by atomic mass is 10.1. The normalized spacial score (nSPS) is 14.7. The number of halogens is 3. The van der Waals surface area contributed by atoms with E-state index >= 15 is 0 Å². The zero-order chi connectivity index (χ0) is 16.6. The highest BCUT2D eigenvalue weighted by Crippen LogP contribution is 2.30. The molecular weight excluding hydrogens is 307 g/mol. The van der Waals surface area contributed by atoms with Crippen LogP contribution < -0.4 is 10.6 Å². The van der Waals surface area contributed by atoms with E-state index in [1.165, 1.54) is 6.20 Å². The van der Waals surface area contributed by atoms with Gasteiger partial charge in [0.1, 0.15) is 5.82 Å². The lowest BCUT2D eigenvalue weighted by Crippen LogP contribution is -2.30. The zero-order valence-corrected chi connectivity index (χ0v) is 12.6. The molecule has 0 bridgehead atoms. The molecule has 0 aliphatic carbocycles. The Kier molecular flexibility index (Phi) is 3.83. The molecule has 0 saturated heterocycles. The van der Waals surface area contributed by atoms with Crippen LogP contribution in [0.3, 0.4) is 0 Å². The summed E-state index contributed by atoms with van der Waals surface area (Å²) >= 11 is 0. The third-order valence-corrected chi connectivity index (χ3v) is 3.84. The van der Waals surface area contributed by atoms with Crippen molar-refractivity contribution in [3.8, 4) is 0 Å². The number of anilines is 2. The van der Waals surface area contributed by atoms with Crippen LogP contribution in [0.25, 0.3) is 0 Å². The van der Waals surface area contributed by atoms with E-state index in [-0.39, 0.29) is 0 Å². The van der Waals surface area contributed by atoms with Gasteiger partial charge in [0.15, 0.2) is 5.69 Å². The number of hydrogen-bond acceptors (Lipinski definition) is 5. The van der Waals surface area contributed by atoms with Crippen LogP contribution in [-0.2, 0) is 19.1 Å². The number of aromatic nitrogens is 3. The maximum atomic E-state index is 12.5. The monoisotopic (exact) mass is 323 g/mol. The van der Waals surface area contributed by atoms with Crippen LogP contribution in [0.1, 0.15) is 29.1 Å². The quantitative estimate of drug-likeness (QED) is 0.920. The van der Waals surface area contributed by atoms with Crippen molar-refractivity contribution in [3.63, 3.8) is 0 Å². The molecule has 0 spiro atoms. The molecule has 8 heteroatoms. The molecule has 1 aliphatic heterocycles. The largest absolute Gasteiger partial charge is 0.434 e. The summed E-state index contributed by atoms with van der Waals surface area (Å²) < 4.78 is 37.6. The molecule has 23 heavy (non-hydrogen) atoms. The first-order chi connectivity index (χ1) is 10.8. The maximum absolute atomic E-state index is 12.5. The van der Waals surface area contributed by atoms with Crippen molar-refractivity contribution < 1.29 is 13.2 Å². The predicted molar refractivity (Wildman–Crippen MR) is 79.8 cm³/mol. The SMILES string of the molecule is Cc1cc2c(nc1N)CCCN2Cc1cnc(C(F)(F)F)cn1. The van der Waals surface area contributed by atoms with Gasteiger partial charge in [-0.3, -0.25) is 4.98 Å². The Hall–Kier alpha value is -2.38. The van der Waals surface area contributed by atoms with E-state index in [1.54, 1.807) is 0 Å². The van der Waals surface area contributed by atoms with Crippen molar-refractivity contribution in [1.82, 2.24) is 15.0 Å². The highest BCUT2D eigenvalue weighted by atomic mass is 19.4. The Morgan fingerprint density at radius 1 is 1.26 bits per heavy atom. The number of aryl methyl sites for hydroxylation is 2. The van der Waals surface area contributed by atoms with Crippen LogP contribution in [0.4, 0.5) is 24.7 Å². The molecule has 0 unspecified atom stereocenters. The Bertz CT molecular complexity index is 712. The van der Waals surface area contributed by atoms with Crippen LogP contribution in [0.15, 0.2) is 18.5 Å². The minimum absolute atomic E-state index is 0.392. The van der Waals surface area contributed by atoms with Gasteiger partial charge in [-0.15, -0.1) is 0 Å². The van der Waals surface area contributed by atoms with Gasteiger partial charge in [0.2, 0.25) is 0 Å². The first-order valence-electron chi connectivity index (χ1n) is 7.23. The summed E-state index contributed by atoms with van der Waals surface area (Å²) in [4.78, 5) is 13.8. The second-order valence-corrected chi connectivity index (χ2v) is 5.57. The van der Waals surface area contributed by atoms with Gasteiger partial charge in [0.25, 0.3) is 0 Å². The van der Waals surface area contributed by atoms with Crippen molar-refractivity contribution >= 4 is 11.5 Å². The summed E-state index contributed by atoms with van der Waals surface area (Å²) in [7, 11) is 0. The molecule has 2 aromatic heterocycles. The second-order valence-electron chi connectivity index (χ2n) is 5.57. The van der Waals surface area contributed by atoms with E-state index in [0.717, 1.165) is 42.5 Å². The number of nitrogens with zero attached hydrogens (tertiary/aromatic N) is 4. The average molecular weight is 323 g/mol. The standard InChI is InChI=1S/C15H16F3N5/c1-9-5-12-11(22-14(9)19)3-2-4-23(12)8-10-6-21-13(7-20-10)15(16,17)18/h5-7H,2-4,8H2,1H3,(H2,19,22). The summed E-state index contributed by atoms with van der Waals surface area (Å²) in [6.07, 6.45) is -0.769. The Morgan fingerprint density at radius 3 is 2.70 bits per heavy atom. The van der Waals surface area contributed by atoms with Crippen molar-refractivity contribution in [1.29, 1.82) is 0 Å². The fraction of sp³-hybridized carbons (Fsp3) is 0.400. The van der Waals surface area contributed by atoms with Gasteiger partial charge in [-0.2, -0.15) is 13.2 Å². The van der Waals surface area contributed by atoms with Gasteiger partial charge in [-0.05, 0) is 31.4 Å². The van der Waals surface area contributed by atoms with Gasteiger partial charge >= 0.3 is 6.18 Å². The molecule has 0 amide bonds. The Balaban J connectivity index is 1.83. The molecule has 0 radical (unpaired) electrons. The van der Waals surface area contributed by atoms with Gasteiger partial charge in [0.05, 0.1) is 36.0 Å². The molecule has 122 valence electrons. The topological polar surface area (TPSA) is 67.9 Å². The van der Waals surface area contributed by atoms with E-state index in [0.29, 0.717) is 18.1 Å². The predicted octanol–water partition coefficient (Wildman–Crippen LogP) is 2.73. The van der Waals surface area contributed by atoms with Crippen molar-refractivity contribution in [2.45, 2.75) is 32.5 Å². The highest BCUT2D eigenvalue weighted by molar-refractivity contribution is 5.59. The van der Waals surface area contributed by atoms with Crippen LogP contribution in [0.5, 0.6) is 0 Å². The summed E-state index contributed by atoms with van der Waals surface area (Å²) in [6.45, 7) is 3.07. The average Bonchev–Trinajstić information content (AvgIpc) is 2.49. The molecule has 2 N–H and O–H groups in total. The molecule has 1 aliphatic rings. The Morgan fingerprint density at radius 2 is 2.04 bits per heavy atom. The molecule has 0 fully saturated rings. The van der Waals surface area contributed by atoms with Crippen LogP contribution in [0, 0.1) is 6.92 Å². The first kappa shape index (κ1) is 15.5. The van der Waals surface area contributed by atoms with Crippen LogP contribution in [-0.4, -0.2) is 21.5 Å². The highest BCUT2D eigenvalue weighted by Gasteiger charge is 2.32. The molecule has 2 aromatic rings. The molecule has 3 rings (SSSR count). The van der Waals surface area contributed by atoms with Gasteiger partial charge in [-0.1, -0.05) is 0 Å². The summed E-state index contributed by atoms with van der Waals surface area (Å²) in [5.74, 6) is 0.514. The lowest BCUT2D eigenvalue weighted by Gasteiger charge is -2.31. The number of pyridine rings is 1. The van der Waals surface area contributed by atoms with Gasteiger partial charge in [-0.25, -0.2) is 9.97 Å². The second kappa shape index (κ2) is 5.68. The number of fused-ring (bicyclic) bond motifs is 1. The molecule has 0 aromatic carbocycles. The van der Waals surface area contributed by atoms with Crippen LogP contribution in [0.2, 0.25) is 0 Å². The van der Waals surface area contributed by atoms with Crippen molar-refractivity contribution in [2.24, 2.45) is 0 Å². The molecule has 3 heterocycles. The summed E-state index contributed by atoms with van der Waals surface area (Å²) in [5, 5.41) is 0. The fourth-order valence-electron chi connectivity index (χ4n) is 2.61. The van der Waals surface area contributed by atoms with E-state index in [4.69, 9.17) is 5.73 Å². The third kappa shape index (κ3) is 3.20. The molecule has 0 atom stereocenters. The zero-order valence-electron chi connectivity index (χ0n) is 12.6. The smallest absolute Gasteiger partial charge is 0.383 e. The van der Waals surface area contributed by atoms with Crippen molar-refractivity contribution in [2.75, 3.05) is 17.2 Å². The maximum Gasteiger partial charge on any atom is 0.434 e. The van der Waals surface area contributed by atoms with E-state index in [2.05, 4.69) is 19.9 Å². The number of nitrogens with two attached hydrogens (primary N) is 1. The lowest BCUT2D eigenvalue weighted by molar-refractivity contribution is -0.141.